The lowest BCUT2D eigenvalue weighted by atomic mass is 9.93. The minimum atomic E-state index is -4.71. The molecule has 0 aromatic carbocycles. The van der Waals surface area contributed by atoms with Gasteiger partial charge in [0.25, 0.3) is 0 Å². The van der Waals surface area contributed by atoms with Crippen LogP contribution in [-0.2, 0) is 19.4 Å². The summed E-state index contributed by atoms with van der Waals surface area (Å²) in [6, 6.07) is 3.63. The molecule has 0 fully saturated rings. The number of imidazole rings is 1. The Kier molecular flexibility index (Phi) is 4.66. The number of aromatic nitrogens is 3. The summed E-state index contributed by atoms with van der Waals surface area (Å²) in [6.07, 6.45) is 4.47. The molecule has 25 heavy (non-hydrogen) atoms. The van der Waals surface area contributed by atoms with Gasteiger partial charge in [0.15, 0.2) is 5.65 Å². The van der Waals surface area contributed by atoms with Gasteiger partial charge in [-0.1, -0.05) is 17.3 Å². The highest BCUT2D eigenvalue weighted by Gasteiger charge is 2.29. The van der Waals surface area contributed by atoms with Crippen LogP contribution < -0.4 is 0 Å². The van der Waals surface area contributed by atoms with Crippen LogP contribution in [0.5, 0.6) is 0 Å². The molecule has 132 valence electrons. The van der Waals surface area contributed by atoms with E-state index in [1.54, 1.807) is 38.3 Å². The minimum Gasteiger partial charge on any atom is -0.367 e. The zero-order valence-electron chi connectivity index (χ0n) is 13.5. The fourth-order valence-corrected chi connectivity index (χ4v) is 2.64. The van der Waals surface area contributed by atoms with Gasteiger partial charge in [-0.2, -0.15) is 8.42 Å². The van der Waals surface area contributed by atoms with Crippen LogP contribution in [0.1, 0.15) is 19.7 Å². The summed E-state index contributed by atoms with van der Waals surface area (Å²) in [5.41, 5.74) is 2.81. The number of nitrogens with one attached hydrogen (secondary N) is 1. The van der Waals surface area contributed by atoms with Gasteiger partial charge in [-0.3, -0.25) is 4.55 Å². The number of hydrogen-bond donors (Lipinski definition) is 2. The van der Waals surface area contributed by atoms with Crippen molar-refractivity contribution in [1.82, 2.24) is 15.0 Å². The number of ether oxygens (including phenoxy) is 1. The molecular formula is C15H16N4O5S. The number of nitrogens with zero attached hydrogens (tertiary/aromatic N) is 3. The Labute approximate surface area is 144 Å². The molecular weight excluding hydrogens is 348 g/mol. The van der Waals surface area contributed by atoms with Gasteiger partial charge in [-0.25, -0.2) is 14.3 Å². The first-order valence-electron chi connectivity index (χ1n) is 7.44. The van der Waals surface area contributed by atoms with Crippen molar-refractivity contribution in [3.63, 3.8) is 0 Å². The van der Waals surface area contributed by atoms with Gasteiger partial charge in [0.1, 0.15) is 17.6 Å². The van der Waals surface area contributed by atoms with E-state index < -0.39 is 16.5 Å². The third kappa shape index (κ3) is 3.76. The Morgan fingerprint density at radius 1 is 1.40 bits per heavy atom. The summed E-state index contributed by atoms with van der Waals surface area (Å²) in [7, 11) is -4.71. The van der Waals surface area contributed by atoms with Crippen molar-refractivity contribution in [2.45, 2.75) is 20.0 Å². The van der Waals surface area contributed by atoms with E-state index in [2.05, 4.69) is 24.4 Å². The quantitative estimate of drug-likeness (QED) is 0.612. The van der Waals surface area contributed by atoms with E-state index in [1.165, 1.54) is 0 Å². The minimum absolute atomic E-state index is 0.227. The molecule has 1 aliphatic carbocycles. The summed E-state index contributed by atoms with van der Waals surface area (Å²) < 4.78 is 40.3. The Hall–Kier alpha value is -2.56. The molecule has 1 unspecified atom stereocenters. The summed E-state index contributed by atoms with van der Waals surface area (Å²) in [5.74, 6) is 0.524. The maximum atomic E-state index is 10.8. The molecule has 0 saturated carbocycles. The molecule has 2 N–H and O–H groups in total. The number of pyridine rings is 1. The van der Waals surface area contributed by atoms with E-state index in [0.29, 0.717) is 29.2 Å². The zero-order valence-corrected chi connectivity index (χ0v) is 14.3. The molecule has 0 bridgehead atoms. The molecule has 1 atom stereocenters. The van der Waals surface area contributed by atoms with Crippen LogP contribution in [0.2, 0.25) is 0 Å². The second kappa shape index (κ2) is 6.75. The third-order valence-corrected chi connectivity index (χ3v) is 3.80. The van der Waals surface area contributed by atoms with Crippen molar-refractivity contribution in [3.8, 4) is 0 Å². The number of hydrogen-bond acceptors (Lipinski definition) is 7. The number of oxime groups is 1. The molecule has 0 saturated heterocycles. The number of rotatable bonds is 5. The lowest BCUT2D eigenvalue weighted by Crippen LogP contribution is -2.30. The molecule has 0 spiro atoms. The Bertz CT molecular complexity index is 957. The average Bonchev–Trinajstić information content (AvgIpc) is 2.97. The predicted octanol–water partition coefficient (Wildman–Crippen LogP) is 1.88. The molecule has 2 aromatic rings. The van der Waals surface area contributed by atoms with Crippen molar-refractivity contribution in [1.29, 1.82) is 0 Å². The lowest BCUT2D eigenvalue weighted by molar-refractivity contribution is 0.142. The van der Waals surface area contributed by atoms with Crippen LogP contribution in [0.4, 0.5) is 0 Å². The maximum absolute atomic E-state index is 10.8. The van der Waals surface area contributed by atoms with Crippen molar-refractivity contribution >= 4 is 32.8 Å². The van der Waals surface area contributed by atoms with E-state index >= 15 is 0 Å². The lowest BCUT2D eigenvalue weighted by Gasteiger charge is -2.23. The van der Waals surface area contributed by atoms with Crippen molar-refractivity contribution in [2.75, 3.05) is 6.61 Å². The van der Waals surface area contributed by atoms with Gasteiger partial charge in [-0.15, -0.1) is 0 Å². The van der Waals surface area contributed by atoms with Crippen LogP contribution in [0.25, 0.3) is 16.7 Å². The van der Waals surface area contributed by atoms with Gasteiger partial charge < -0.3 is 9.72 Å². The Balaban J connectivity index is 2.05. The number of fused-ring (bicyclic) bond motifs is 1. The standard InChI is InChI=1S/C15H16N4O5S/c1-3-23-13-10(14-17-11-5-4-8-16-15(11)18-14)7-6-9(2)12(13)19-24-25(20,21)22/h4-8,13H,3H2,1-2H3,(H,16,17,18)(H,20,21,22). The summed E-state index contributed by atoms with van der Waals surface area (Å²) in [4.78, 5) is 11.8. The first-order valence-corrected chi connectivity index (χ1v) is 8.81. The first-order chi connectivity index (χ1) is 11.9. The monoisotopic (exact) mass is 364 g/mol. The van der Waals surface area contributed by atoms with Crippen molar-refractivity contribution in [2.24, 2.45) is 5.16 Å². The molecule has 2 aromatic heterocycles. The van der Waals surface area contributed by atoms with E-state index in [4.69, 9.17) is 9.29 Å². The van der Waals surface area contributed by atoms with E-state index in [0.717, 1.165) is 5.52 Å². The van der Waals surface area contributed by atoms with Crippen molar-refractivity contribution in [3.05, 3.63) is 41.9 Å². The van der Waals surface area contributed by atoms with E-state index in [1.807, 2.05) is 6.07 Å². The Morgan fingerprint density at radius 2 is 2.20 bits per heavy atom. The number of H-pyrrole nitrogens is 1. The van der Waals surface area contributed by atoms with Gasteiger partial charge in [0, 0.05) is 18.4 Å². The van der Waals surface area contributed by atoms with Crippen LogP contribution >= 0.6 is 0 Å². The number of allylic oxidation sites excluding steroid dienone is 2. The summed E-state index contributed by atoms with van der Waals surface area (Å²) in [5, 5.41) is 3.55. The summed E-state index contributed by atoms with van der Waals surface area (Å²) >= 11 is 0. The molecule has 9 nitrogen and oxygen atoms in total. The zero-order chi connectivity index (χ0) is 18.0. The second-order valence-corrected chi connectivity index (χ2v) is 6.25. The molecule has 1 aliphatic rings. The van der Waals surface area contributed by atoms with Gasteiger partial charge in [-0.05, 0) is 31.6 Å². The van der Waals surface area contributed by atoms with Crippen LogP contribution in [0.3, 0.4) is 0 Å². The number of aromatic amines is 1. The molecule has 0 radical (unpaired) electrons. The van der Waals surface area contributed by atoms with Gasteiger partial charge in [0.05, 0.1) is 5.52 Å². The molecule has 2 heterocycles. The molecule has 0 amide bonds. The van der Waals surface area contributed by atoms with Gasteiger partial charge in [0.2, 0.25) is 0 Å². The fraction of sp³-hybridized carbons (Fsp3) is 0.267. The molecule has 0 aliphatic heterocycles. The van der Waals surface area contributed by atoms with Crippen molar-refractivity contribution < 1.29 is 22.0 Å². The van der Waals surface area contributed by atoms with Crippen LogP contribution in [-0.4, -0.2) is 46.3 Å². The molecule has 10 heteroatoms. The van der Waals surface area contributed by atoms with E-state index in [9.17, 15) is 8.42 Å². The highest BCUT2D eigenvalue weighted by atomic mass is 32.3. The normalized spacial score (nSPS) is 19.8. The van der Waals surface area contributed by atoms with Crippen LogP contribution in [0, 0.1) is 0 Å². The molecule has 3 rings (SSSR count). The average molecular weight is 364 g/mol. The largest absolute Gasteiger partial charge is 0.466 e. The first kappa shape index (κ1) is 17.3. The smallest absolute Gasteiger partial charge is 0.367 e. The highest BCUT2D eigenvalue weighted by Crippen LogP contribution is 2.28. The highest BCUT2D eigenvalue weighted by molar-refractivity contribution is 7.80. The Morgan fingerprint density at radius 3 is 2.88 bits per heavy atom. The fourth-order valence-electron chi connectivity index (χ4n) is 2.47. The third-order valence-electron chi connectivity index (χ3n) is 3.54. The SMILES string of the molecule is CCOC1C(c2nc3ncccc3[nH]2)=CC=C(C)C1=NOS(=O)(=O)O. The topological polar surface area (TPSA) is 127 Å². The van der Waals surface area contributed by atoms with Gasteiger partial charge >= 0.3 is 10.4 Å². The maximum Gasteiger partial charge on any atom is 0.466 e. The second-order valence-electron chi connectivity index (χ2n) is 5.25. The summed E-state index contributed by atoms with van der Waals surface area (Å²) in [6.45, 7) is 3.87. The van der Waals surface area contributed by atoms with Crippen LogP contribution in [0.15, 0.2) is 41.2 Å². The van der Waals surface area contributed by atoms with E-state index in [-0.39, 0.29) is 5.71 Å². The predicted molar refractivity (Wildman–Crippen MR) is 91.1 cm³/mol.